The van der Waals surface area contributed by atoms with Crippen LogP contribution in [-0.4, -0.2) is 13.3 Å². The van der Waals surface area contributed by atoms with E-state index in [1.54, 1.807) is 0 Å². The molecule has 0 amide bonds. The lowest BCUT2D eigenvalue weighted by Crippen LogP contribution is -1.95. The van der Waals surface area contributed by atoms with Gasteiger partial charge in [-0.2, -0.15) is 0 Å². The average molecular weight is 354 g/mol. The Balaban J connectivity index is 1.74. The zero-order valence-corrected chi connectivity index (χ0v) is 14.4. The van der Waals surface area contributed by atoms with Crippen LogP contribution in [0.5, 0.6) is 0 Å². The highest BCUT2D eigenvalue weighted by Crippen LogP contribution is 2.37. The summed E-state index contributed by atoms with van der Waals surface area (Å²) in [7, 11) is 0. The maximum absolute atomic E-state index is 13.2. The summed E-state index contributed by atoms with van der Waals surface area (Å²) in [6.45, 7) is 0.968. The smallest absolute Gasteiger partial charge is 0.123 e. The van der Waals surface area contributed by atoms with Gasteiger partial charge in [0.1, 0.15) is 5.82 Å². The van der Waals surface area contributed by atoms with Gasteiger partial charge in [0.15, 0.2) is 0 Å². The monoisotopic (exact) mass is 354 g/mol. The first-order valence-corrected chi connectivity index (χ1v) is 9.50. The van der Waals surface area contributed by atoms with Gasteiger partial charge in [-0.3, -0.25) is 4.21 Å². The van der Waals surface area contributed by atoms with Crippen molar-refractivity contribution in [1.29, 1.82) is 0 Å². The Bertz CT molecular complexity index is 930. The quantitative estimate of drug-likeness (QED) is 0.656. The van der Waals surface area contributed by atoms with Crippen LogP contribution in [-0.2, 0) is 29.8 Å². The second kappa shape index (κ2) is 6.58. The molecular weight excluding hydrogens is 337 g/mol. The molecule has 0 saturated carbocycles. The molecule has 1 unspecified atom stereocenters. The number of hydrogen-bond donors (Lipinski definition) is 0. The van der Waals surface area contributed by atoms with Crippen LogP contribution in [0.2, 0.25) is 0 Å². The summed E-state index contributed by atoms with van der Waals surface area (Å²) in [6.07, 6.45) is 2.12. The van der Waals surface area contributed by atoms with Gasteiger partial charge in [-0.25, -0.2) is 4.39 Å². The Morgan fingerprint density at radius 1 is 1.04 bits per heavy atom. The molecule has 1 aliphatic rings. The number of halogens is 1. The van der Waals surface area contributed by atoms with Crippen molar-refractivity contribution in [3.05, 3.63) is 71.7 Å². The van der Waals surface area contributed by atoms with Crippen molar-refractivity contribution in [3.63, 3.8) is 0 Å². The topological polar surface area (TPSA) is 45.1 Å². The van der Waals surface area contributed by atoms with Gasteiger partial charge in [-0.1, -0.05) is 35.3 Å². The van der Waals surface area contributed by atoms with Crippen LogP contribution in [0.4, 0.5) is 4.39 Å². The third-order valence-electron chi connectivity index (χ3n) is 4.69. The van der Waals surface area contributed by atoms with Gasteiger partial charge in [0.25, 0.3) is 0 Å². The number of rotatable bonds is 4. The van der Waals surface area contributed by atoms with E-state index in [1.807, 2.05) is 36.4 Å². The van der Waals surface area contributed by atoms with Gasteiger partial charge in [-0.05, 0) is 59.9 Å². The van der Waals surface area contributed by atoms with Gasteiger partial charge in [0, 0.05) is 29.2 Å². The van der Waals surface area contributed by atoms with Crippen LogP contribution in [0, 0.1) is 5.82 Å². The van der Waals surface area contributed by atoms with E-state index in [9.17, 15) is 13.2 Å². The van der Waals surface area contributed by atoms with E-state index in [-0.39, 0.29) is 11.6 Å². The lowest BCUT2D eigenvalue weighted by Gasteiger charge is -2.07. The molecule has 2 aromatic carbocycles. The van der Waals surface area contributed by atoms with Crippen molar-refractivity contribution >= 4 is 11.1 Å². The average Bonchev–Trinajstić information content (AvgIpc) is 3.19. The molecule has 0 fully saturated rings. The first-order valence-electron chi connectivity index (χ1n) is 8.25. The van der Waals surface area contributed by atoms with Crippen LogP contribution in [0.1, 0.15) is 17.7 Å². The molecule has 3 aromatic rings. The third kappa shape index (κ3) is 3.17. The fraction of sp³-hybridized carbons (Fsp3) is 0.200. The fourth-order valence-electron chi connectivity index (χ4n) is 3.54. The van der Waals surface area contributed by atoms with Crippen molar-refractivity contribution in [1.82, 2.24) is 4.57 Å². The highest BCUT2D eigenvalue weighted by molar-refractivity contribution is 7.78. The summed E-state index contributed by atoms with van der Waals surface area (Å²) >= 11 is -2.07. The van der Waals surface area contributed by atoms with E-state index >= 15 is 0 Å². The van der Waals surface area contributed by atoms with Gasteiger partial charge in [0.05, 0.1) is 0 Å². The molecule has 5 heteroatoms. The summed E-state index contributed by atoms with van der Waals surface area (Å²) in [5.41, 5.74) is 6.44. The van der Waals surface area contributed by atoms with Crippen molar-refractivity contribution in [3.8, 4) is 22.4 Å². The van der Waals surface area contributed by atoms with Crippen LogP contribution in [0.3, 0.4) is 0 Å². The molecule has 25 heavy (non-hydrogen) atoms. The van der Waals surface area contributed by atoms with Crippen molar-refractivity contribution in [2.75, 3.05) is 0 Å². The van der Waals surface area contributed by atoms with Crippen molar-refractivity contribution < 1.29 is 13.2 Å². The molecule has 4 rings (SSSR count). The summed E-state index contributed by atoms with van der Waals surface area (Å²) in [5, 5.41) is 0. The van der Waals surface area contributed by atoms with E-state index < -0.39 is 11.1 Å². The van der Waals surface area contributed by atoms with E-state index in [0.29, 0.717) is 0 Å². The maximum atomic E-state index is 13.2. The second-order valence-electron chi connectivity index (χ2n) is 6.30. The van der Waals surface area contributed by atoms with E-state index in [1.165, 1.54) is 23.4 Å². The minimum atomic E-state index is -2.07. The van der Waals surface area contributed by atoms with Crippen LogP contribution >= 0.6 is 0 Å². The summed E-state index contributed by atoms with van der Waals surface area (Å²) in [5.74, 6) is -0.196. The number of hydrogen-bond acceptors (Lipinski definition) is 2. The maximum Gasteiger partial charge on any atom is 0.123 e. The lowest BCUT2D eigenvalue weighted by molar-refractivity contribution is 0.536. The molecule has 0 saturated heterocycles. The SMILES string of the molecule is O=S([O-])Cc1ccc(-c2cc(-c3ccc(F)cc3)n3c2CCC3)cc1. The number of nitrogens with zero attached hydrogens (tertiary/aromatic N) is 1. The van der Waals surface area contributed by atoms with E-state index in [4.69, 9.17) is 0 Å². The highest BCUT2D eigenvalue weighted by Gasteiger charge is 2.21. The Hall–Kier alpha value is -2.24. The zero-order valence-electron chi connectivity index (χ0n) is 13.6. The van der Waals surface area contributed by atoms with Crippen LogP contribution in [0.25, 0.3) is 22.4 Å². The molecule has 1 aliphatic heterocycles. The number of aromatic nitrogens is 1. The van der Waals surface area contributed by atoms with Gasteiger partial charge in [0.2, 0.25) is 0 Å². The highest BCUT2D eigenvalue weighted by atomic mass is 32.2. The zero-order chi connectivity index (χ0) is 17.4. The Morgan fingerprint density at radius 3 is 2.40 bits per heavy atom. The Labute approximate surface area is 148 Å². The first kappa shape index (κ1) is 16.2. The molecule has 2 heterocycles. The number of fused-ring (bicyclic) bond motifs is 1. The number of benzene rings is 2. The largest absolute Gasteiger partial charge is 0.772 e. The summed E-state index contributed by atoms with van der Waals surface area (Å²) < 4.78 is 37.2. The summed E-state index contributed by atoms with van der Waals surface area (Å²) in [4.78, 5) is 0. The molecule has 1 atom stereocenters. The molecule has 0 N–H and O–H groups in total. The molecule has 128 valence electrons. The van der Waals surface area contributed by atoms with E-state index in [2.05, 4.69) is 10.6 Å². The lowest BCUT2D eigenvalue weighted by atomic mass is 10.0. The predicted molar refractivity (Wildman–Crippen MR) is 96.2 cm³/mol. The Morgan fingerprint density at radius 2 is 1.72 bits per heavy atom. The second-order valence-corrected chi connectivity index (χ2v) is 7.19. The molecule has 0 spiro atoms. The minimum Gasteiger partial charge on any atom is -0.772 e. The van der Waals surface area contributed by atoms with Gasteiger partial charge in [-0.15, -0.1) is 0 Å². The molecular formula is C20H17FNO2S-. The van der Waals surface area contributed by atoms with Crippen LogP contribution < -0.4 is 0 Å². The molecule has 1 aromatic heterocycles. The fourth-order valence-corrected chi connectivity index (χ4v) is 4.01. The molecule has 3 nitrogen and oxygen atoms in total. The minimum absolute atomic E-state index is 0.0367. The normalized spacial score (nSPS) is 14.5. The van der Waals surface area contributed by atoms with Crippen molar-refractivity contribution in [2.45, 2.75) is 25.1 Å². The van der Waals surface area contributed by atoms with Crippen molar-refractivity contribution in [2.24, 2.45) is 0 Å². The first-order chi connectivity index (χ1) is 12.1. The predicted octanol–water partition coefficient (Wildman–Crippen LogP) is 4.29. The molecule has 0 aliphatic carbocycles. The standard InChI is InChI=1S/C20H18FNO2S/c21-17-9-7-16(8-10-17)20-12-18(19-2-1-11-22(19)20)15-5-3-14(4-6-15)13-25(23)24/h3-10,12H,1-2,11,13H2,(H,23,24)/p-1. The van der Waals surface area contributed by atoms with E-state index in [0.717, 1.165) is 41.8 Å². The molecule has 0 radical (unpaired) electrons. The van der Waals surface area contributed by atoms with Crippen LogP contribution in [0.15, 0.2) is 54.6 Å². The summed E-state index contributed by atoms with van der Waals surface area (Å²) in [6, 6.07) is 16.4. The van der Waals surface area contributed by atoms with Gasteiger partial charge < -0.3 is 9.12 Å². The molecule has 0 bridgehead atoms. The van der Waals surface area contributed by atoms with Gasteiger partial charge >= 0.3 is 0 Å². The Kier molecular flexibility index (Phi) is 4.27. The third-order valence-corrected chi connectivity index (χ3v) is 5.26.